The van der Waals surface area contributed by atoms with Crippen molar-refractivity contribution in [1.82, 2.24) is 10.2 Å². The van der Waals surface area contributed by atoms with Gasteiger partial charge in [-0.05, 0) is 56.3 Å². The number of hydrogen-bond donors (Lipinski definition) is 2. The highest BCUT2D eigenvalue weighted by Crippen LogP contribution is 2.32. The number of fused-ring (bicyclic) bond motifs is 1. The molecule has 0 bridgehead atoms. The second kappa shape index (κ2) is 8.79. The predicted molar refractivity (Wildman–Crippen MR) is 97.3 cm³/mol. The zero-order valence-corrected chi connectivity index (χ0v) is 15.1. The van der Waals surface area contributed by atoms with Crippen LogP contribution in [-0.4, -0.2) is 55.3 Å². The molecule has 1 saturated heterocycles. The van der Waals surface area contributed by atoms with E-state index in [0.29, 0.717) is 13.2 Å². The van der Waals surface area contributed by atoms with Crippen LogP contribution in [0.15, 0.2) is 24.3 Å². The molecule has 25 heavy (non-hydrogen) atoms. The number of hydrogen-bond acceptors (Lipinski definition) is 4. The largest absolute Gasteiger partial charge is 0.389 e. The number of nitrogens with one attached hydrogen (secondary N) is 1. The van der Waals surface area contributed by atoms with Gasteiger partial charge in [0, 0.05) is 19.5 Å². The zero-order valence-electron chi connectivity index (χ0n) is 15.1. The lowest BCUT2D eigenvalue weighted by Gasteiger charge is -2.33. The minimum absolute atomic E-state index is 0.110. The number of aryl methyl sites for hydroxylation is 1. The molecule has 3 rings (SSSR count). The monoisotopic (exact) mass is 346 g/mol. The lowest BCUT2D eigenvalue weighted by Crippen LogP contribution is -2.43. The van der Waals surface area contributed by atoms with E-state index in [0.717, 1.165) is 45.2 Å². The number of carbonyl (C=O) groups excluding carboxylic acids is 1. The fraction of sp³-hybridized carbons (Fsp3) is 0.650. The Labute approximate surface area is 150 Å². The van der Waals surface area contributed by atoms with E-state index < -0.39 is 6.10 Å². The number of piperidine rings is 1. The van der Waals surface area contributed by atoms with Gasteiger partial charge in [-0.15, -0.1) is 0 Å². The molecule has 2 aliphatic rings. The molecule has 0 aromatic heterocycles. The summed E-state index contributed by atoms with van der Waals surface area (Å²) < 4.78 is 6.05. The van der Waals surface area contributed by atoms with Crippen molar-refractivity contribution in [3.8, 4) is 0 Å². The Morgan fingerprint density at radius 3 is 2.84 bits per heavy atom. The van der Waals surface area contributed by atoms with Crippen LogP contribution in [0, 0.1) is 5.92 Å². The molecule has 2 atom stereocenters. The van der Waals surface area contributed by atoms with E-state index in [2.05, 4.69) is 34.5 Å². The van der Waals surface area contributed by atoms with Crippen LogP contribution in [0.3, 0.4) is 0 Å². The molecular weight excluding hydrogens is 316 g/mol. The van der Waals surface area contributed by atoms with Crippen LogP contribution in [0.5, 0.6) is 0 Å². The summed E-state index contributed by atoms with van der Waals surface area (Å²) in [5.74, 6) is 0.257. The highest BCUT2D eigenvalue weighted by molar-refractivity contribution is 5.78. The Balaban J connectivity index is 1.42. The summed E-state index contributed by atoms with van der Waals surface area (Å²) >= 11 is 0. The summed E-state index contributed by atoms with van der Waals surface area (Å²) in [7, 11) is 1.69. The van der Waals surface area contributed by atoms with Crippen LogP contribution in [-0.2, 0) is 16.0 Å². The first-order valence-electron chi connectivity index (χ1n) is 9.48. The average molecular weight is 346 g/mol. The van der Waals surface area contributed by atoms with E-state index >= 15 is 0 Å². The van der Waals surface area contributed by atoms with Crippen LogP contribution in [0.25, 0.3) is 0 Å². The van der Waals surface area contributed by atoms with Crippen molar-refractivity contribution in [3.63, 3.8) is 0 Å². The molecule has 0 saturated carbocycles. The van der Waals surface area contributed by atoms with E-state index in [1.165, 1.54) is 11.1 Å². The normalized spacial score (nSPS) is 23.0. The number of ether oxygens (including phenoxy) is 1. The van der Waals surface area contributed by atoms with Crippen LogP contribution < -0.4 is 5.32 Å². The van der Waals surface area contributed by atoms with Crippen molar-refractivity contribution in [2.75, 3.05) is 33.3 Å². The molecule has 1 amide bonds. The van der Waals surface area contributed by atoms with Crippen molar-refractivity contribution in [3.05, 3.63) is 35.4 Å². The van der Waals surface area contributed by atoms with Gasteiger partial charge in [-0.1, -0.05) is 24.3 Å². The fourth-order valence-electron chi connectivity index (χ4n) is 4.04. The Morgan fingerprint density at radius 1 is 1.32 bits per heavy atom. The number of amides is 1. The molecule has 1 aromatic carbocycles. The number of aliphatic hydroxyl groups excluding tert-OH is 1. The van der Waals surface area contributed by atoms with Gasteiger partial charge in [0.15, 0.2) is 0 Å². The summed E-state index contributed by atoms with van der Waals surface area (Å²) in [4.78, 5) is 13.9. The summed E-state index contributed by atoms with van der Waals surface area (Å²) in [6.45, 7) is 2.71. The van der Waals surface area contributed by atoms with Gasteiger partial charge in [0.2, 0.25) is 5.91 Å². The van der Waals surface area contributed by atoms with E-state index in [1.54, 1.807) is 7.05 Å². The molecule has 1 aliphatic carbocycles. The quantitative estimate of drug-likeness (QED) is 0.826. The summed E-state index contributed by atoms with van der Waals surface area (Å²) in [5, 5.41) is 13.1. The number of aliphatic hydroxyl groups is 1. The number of β-amino-alcohol motifs (C(OH)–C–C–N with tert-alkyl or cyclic N) is 1. The molecule has 0 spiro atoms. The van der Waals surface area contributed by atoms with Crippen LogP contribution in [0.2, 0.25) is 0 Å². The lowest BCUT2D eigenvalue weighted by atomic mass is 9.89. The summed E-state index contributed by atoms with van der Waals surface area (Å²) in [5.41, 5.74) is 2.66. The first-order chi connectivity index (χ1) is 12.2. The molecule has 1 fully saturated rings. The van der Waals surface area contributed by atoms with Gasteiger partial charge in [0.05, 0.1) is 18.8 Å². The van der Waals surface area contributed by atoms with Crippen LogP contribution in [0.1, 0.15) is 42.9 Å². The SMILES string of the molecule is CNC(=O)C1CCN(CC(O)COC2CCCc3ccccc32)CC1. The molecule has 5 nitrogen and oxygen atoms in total. The second-order valence-corrected chi connectivity index (χ2v) is 7.26. The topological polar surface area (TPSA) is 61.8 Å². The molecule has 1 aromatic rings. The van der Waals surface area contributed by atoms with Crippen LogP contribution >= 0.6 is 0 Å². The lowest BCUT2D eigenvalue weighted by molar-refractivity contribution is -0.126. The maximum Gasteiger partial charge on any atom is 0.222 e. The summed E-state index contributed by atoms with van der Waals surface area (Å²) in [6, 6.07) is 8.47. The van der Waals surface area contributed by atoms with Gasteiger partial charge >= 0.3 is 0 Å². The Bertz CT molecular complexity index is 570. The smallest absolute Gasteiger partial charge is 0.222 e. The number of rotatable bonds is 6. The van der Waals surface area contributed by atoms with Gasteiger partial charge in [-0.3, -0.25) is 4.79 Å². The van der Waals surface area contributed by atoms with E-state index in [-0.39, 0.29) is 17.9 Å². The first-order valence-corrected chi connectivity index (χ1v) is 9.48. The van der Waals surface area contributed by atoms with Crippen molar-refractivity contribution in [2.24, 2.45) is 5.92 Å². The summed E-state index contributed by atoms with van der Waals surface area (Å²) in [6.07, 6.45) is 4.65. The molecule has 1 heterocycles. The van der Waals surface area contributed by atoms with Gasteiger partial charge in [0.25, 0.3) is 0 Å². The molecule has 2 N–H and O–H groups in total. The standard InChI is InChI=1S/C20H30N2O3/c1-21-20(24)16-9-11-22(12-10-16)13-17(23)14-25-19-8-4-6-15-5-2-3-7-18(15)19/h2-3,5,7,16-17,19,23H,4,6,8-14H2,1H3,(H,21,24). The Kier molecular flexibility index (Phi) is 6.45. The first kappa shape index (κ1) is 18.4. The Morgan fingerprint density at radius 2 is 2.08 bits per heavy atom. The van der Waals surface area contributed by atoms with E-state index in [9.17, 15) is 9.90 Å². The predicted octanol–water partition coefficient (Wildman–Crippen LogP) is 1.90. The number of benzene rings is 1. The minimum atomic E-state index is -0.481. The van der Waals surface area contributed by atoms with Gasteiger partial charge < -0.3 is 20.1 Å². The molecular formula is C20H30N2O3. The molecule has 138 valence electrons. The highest BCUT2D eigenvalue weighted by Gasteiger charge is 2.26. The van der Waals surface area contributed by atoms with Crippen molar-refractivity contribution < 1.29 is 14.6 Å². The third-order valence-corrected chi connectivity index (χ3v) is 5.48. The second-order valence-electron chi connectivity index (χ2n) is 7.26. The maximum atomic E-state index is 11.7. The Hall–Kier alpha value is -1.43. The number of likely N-dealkylation sites (tertiary alicyclic amines) is 1. The van der Waals surface area contributed by atoms with Crippen molar-refractivity contribution in [1.29, 1.82) is 0 Å². The molecule has 1 aliphatic heterocycles. The van der Waals surface area contributed by atoms with Crippen molar-refractivity contribution in [2.45, 2.75) is 44.3 Å². The van der Waals surface area contributed by atoms with Gasteiger partial charge in [-0.25, -0.2) is 0 Å². The third kappa shape index (κ3) is 4.81. The molecule has 0 radical (unpaired) electrons. The van der Waals surface area contributed by atoms with E-state index in [4.69, 9.17) is 4.74 Å². The zero-order chi connectivity index (χ0) is 17.6. The molecule has 2 unspecified atom stereocenters. The van der Waals surface area contributed by atoms with Gasteiger partial charge in [0.1, 0.15) is 0 Å². The maximum absolute atomic E-state index is 11.7. The average Bonchev–Trinajstić information content (AvgIpc) is 2.66. The van der Waals surface area contributed by atoms with Crippen molar-refractivity contribution >= 4 is 5.91 Å². The van der Waals surface area contributed by atoms with E-state index in [1.807, 2.05) is 0 Å². The van der Waals surface area contributed by atoms with Crippen LogP contribution in [0.4, 0.5) is 0 Å². The number of carbonyl (C=O) groups is 1. The highest BCUT2D eigenvalue weighted by atomic mass is 16.5. The van der Waals surface area contributed by atoms with Gasteiger partial charge in [-0.2, -0.15) is 0 Å². The molecule has 5 heteroatoms. The third-order valence-electron chi connectivity index (χ3n) is 5.48. The minimum Gasteiger partial charge on any atom is -0.389 e. The fourth-order valence-corrected chi connectivity index (χ4v) is 4.04. The number of nitrogens with zero attached hydrogens (tertiary/aromatic N) is 1.